The number of hydrogen-bond acceptors (Lipinski definition) is 3. The van der Waals surface area contributed by atoms with Crippen molar-refractivity contribution in [2.45, 2.75) is 25.9 Å². The Kier molecular flexibility index (Phi) is 11.1. The van der Waals surface area contributed by atoms with E-state index in [1.165, 1.54) is 17.9 Å². The summed E-state index contributed by atoms with van der Waals surface area (Å²) in [6, 6.07) is 0. The van der Waals surface area contributed by atoms with Gasteiger partial charge in [-0.15, -0.1) is 23.5 Å². The van der Waals surface area contributed by atoms with Crippen molar-refractivity contribution in [2.75, 3.05) is 17.3 Å². The molecule has 1 aliphatic rings. The van der Waals surface area contributed by atoms with Gasteiger partial charge in [-0.3, -0.25) is 0 Å². The van der Waals surface area contributed by atoms with Crippen LogP contribution in [-0.2, 0) is 0 Å². The first kappa shape index (κ1) is 13.6. The van der Waals surface area contributed by atoms with Crippen LogP contribution in [0.15, 0.2) is 0 Å². The van der Waals surface area contributed by atoms with Crippen molar-refractivity contribution in [2.24, 2.45) is 0 Å². The highest BCUT2D eigenvalue weighted by Crippen LogP contribution is 2.30. The van der Waals surface area contributed by atoms with E-state index in [1.807, 2.05) is 23.5 Å². The lowest BCUT2D eigenvalue weighted by molar-refractivity contribution is 1.10. The zero-order valence-corrected chi connectivity index (χ0v) is 7.20. The van der Waals surface area contributed by atoms with E-state index in [4.69, 9.17) is 0 Å². The zero-order chi connectivity index (χ0) is 5.82. The van der Waals surface area contributed by atoms with Gasteiger partial charge in [0, 0.05) is 5.75 Å². The van der Waals surface area contributed by atoms with Crippen molar-refractivity contribution >= 4 is 36.2 Å². The Balaban J connectivity index is 0. The van der Waals surface area contributed by atoms with Gasteiger partial charge in [0.05, 0.1) is 4.58 Å². The Labute approximate surface area is 79.3 Å². The van der Waals surface area contributed by atoms with Gasteiger partial charge in [0.1, 0.15) is 0 Å². The molecule has 0 unspecified atom stereocenters. The molecule has 0 bridgehead atoms. The standard InChI is InChI=1S/C5H10S3.2CH4/c6-4-5-7-2-1-3-8-5;;/h5-6H,1-4H2;2*1H4. The van der Waals surface area contributed by atoms with Crippen LogP contribution in [0.2, 0.25) is 0 Å². The summed E-state index contributed by atoms with van der Waals surface area (Å²) in [6.07, 6.45) is 1.39. The van der Waals surface area contributed by atoms with Crippen molar-refractivity contribution < 1.29 is 0 Å². The molecular formula is C7H18S3. The highest BCUT2D eigenvalue weighted by molar-refractivity contribution is 8.18. The molecule has 1 saturated heterocycles. The molecule has 10 heavy (non-hydrogen) atoms. The minimum atomic E-state index is 0. The van der Waals surface area contributed by atoms with E-state index in [2.05, 4.69) is 12.6 Å². The fourth-order valence-electron chi connectivity index (χ4n) is 0.642. The Morgan fingerprint density at radius 1 is 1.20 bits per heavy atom. The second kappa shape index (κ2) is 8.15. The molecule has 3 heteroatoms. The SMILES string of the molecule is C.C.SCC1SCCCS1. The van der Waals surface area contributed by atoms with Gasteiger partial charge < -0.3 is 0 Å². The monoisotopic (exact) mass is 198 g/mol. The molecule has 0 radical (unpaired) electrons. The second-order valence-corrected chi connectivity index (χ2v) is 4.99. The largest absolute Gasteiger partial charge is 0.177 e. The van der Waals surface area contributed by atoms with Gasteiger partial charge in [0.2, 0.25) is 0 Å². The highest BCUT2D eigenvalue weighted by atomic mass is 32.2. The average Bonchev–Trinajstić information content (AvgIpc) is 1.90. The normalized spacial score (nSPS) is 18.9. The predicted octanol–water partition coefficient (Wildman–Crippen LogP) is 3.38. The minimum absolute atomic E-state index is 0. The Morgan fingerprint density at radius 3 is 2.00 bits per heavy atom. The molecule has 0 atom stereocenters. The molecule has 1 fully saturated rings. The first-order valence-corrected chi connectivity index (χ1v) is 5.50. The lowest BCUT2D eigenvalue weighted by Crippen LogP contribution is -2.07. The van der Waals surface area contributed by atoms with Gasteiger partial charge in [-0.25, -0.2) is 0 Å². The van der Waals surface area contributed by atoms with Crippen molar-refractivity contribution in [1.82, 2.24) is 0 Å². The maximum atomic E-state index is 4.22. The number of thiol groups is 1. The maximum Gasteiger partial charge on any atom is 0.0590 e. The Morgan fingerprint density at radius 2 is 1.70 bits per heavy atom. The van der Waals surface area contributed by atoms with Gasteiger partial charge in [-0.2, -0.15) is 12.6 Å². The van der Waals surface area contributed by atoms with Crippen LogP contribution in [-0.4, -0.2) is 21.8 Å². The molecule has 0 spiro atoms. The summed E-state index contributed by atoms with van der Waals surface area (Å²) in [6.45, 7) is 0. The fourth-order valence-corrected chi connectivity index (χ4v) is 3.78. The van der Waals surface area contributed by atoms with Crippen molar-refractivity contribution in [3.05, 3.63) is 0 Å². The number of rotatable bonds is 1. The van der Waals surface area contributed by atoms with Crippen molar-refractivity contribution in [3.8, 4) is 0 Å². The molecule has 0 amide bonds. The van der Waals surface area contributed by atoms with Crippen LogP contribution in [0.4, 0.5) is 0 Å². The molecule has 0 aromatic carbocycles. The summed E-state index contributed by atoms with van der Waals surface area (Å²) in [4.78, 5) is 0. The van der Waals surface area contributed by atoms with Crippen LogP contribution < -0.4 is 0 Å². The number of thioether (sulfide) groups is 2. The van der Waals surface area contributed by atoms with Gasteiger partial charge in [-0.1, -0.05) is 14.9 Å². The minimum Gasteiger partial charge on any atom is -0.177 e. The molecule has 0 aliphatic carbocycles. The highest BCUT2D eigenvalue weighted by Gasteiger charge is 2.11. The summed E-state index contributed by atoms with van der Waals surface area (Å²) >= 11 is 8.32. The summed E-state index contributed by atoms with van der Waals surface area (Å²) in [7, 11) is 0. The van der Waals surface area contributed by atoms with Crippen LogP contribution in [0, 0.1) is 0 Å². The fraction of sp³-hybridized carbons (Fsp3) is 1.00. The van der Waals surface area contributed by atoms with Crippen molar-refractivity contribution in [1.29, 1.82) is 0 Å². The lowest BCUT2D eigenvalue weighted by atomic mass is 10.6. The van der Waals surface area contributed by atoms with E-state index < -0.39 is 0 Å². The van der Waals surface area contributed by atoms with Gasteiger partial charge in [-0.05, 0) is 17.9 Å². The van der Waals surface area contributed by atoms with Crippen LogP contribution in [0.1, 0.15) is 21.3 Å². The molecule has 0 aromatic heterocycles. The molecule has 1 rings (SSSR count). The topological polar surface area (TPSA) is 0 Å². The Hall–Kier alpha value is 1.05. The smallest absolute Gasteiger partial charge is 0.0590 e. The molecule has 1 heterocycles. The third-order valence-electron chi connectivity index (χ3n) is 1.05. The molecule has 64 valence electrons. The average molecular weight is 198 g/mol. The molecule has 0 aromatic rings. The Bertz CT molecular complexity index is 59.9. The van der Waals surface area contributed by atoms with Crippen LogP contribution in [0.25, 0.3) is 0 Å². The van der Waals surface area contributed by atoms with E-state index in [0.29, 0.717) is 0 Å². The third kappa shape index (κ3) is 4.80. The quantitative estimate of drug-likeness (QED) is 0.642. The second-order valence-electron chi connectivity index (χ2n) is 1.71. The van der Waals surface area contributed by atoms with Gasteiger partial charge >= 0.3 is 0 Å². The summed E-state index contributed by atoms with van der Waals surface area (Å²) in [5.41, 5.74) is 0. The van der Waals surface area contributed by atoms with E-state index in [9.17, 15) is 0 Å². The van der Waals surface area contributed by atoms with Crippen LogP contribution in [0.3, 0.4) is 0 Å². The molecule has 0 N–H and O–H groups in total. The molecule has 0 nitrogen and oxygen atoms in total. The van der Waals surface area contributed by atoms with E-state index in [0.717, 1.165) is 10.3 Å². The predicted molar refractivity (Wildman–Crippen MR) is 60.6 cm³/mol. The van der Waals surface area contributed by atoms with Crippen molar-refractivity contribution in [3.63, 3.8) is 0 Å². The third-order valence-corrected chi connectivity index (χ3v) is 4.85. The van der Waals surface area contributed by atoms with Gasteiger partial charge in [0.15, 0.2) is 0 Å². The summed E-state index contributed by atoms with van der Waals surface area (Å²) in [5, 5.41) is 0. The first-order valence-electron chi connectivity index (χ1n) is 2.77. The summed E-state index contributed by atoms with van der Waals surface area (Å²) < 4.78 is 0.784. The molecule has 1 aliphatic heterocycles. The van der Waals surface area contributed by atoms with Crippen LogP contribution in [0.5, 0.6) is 0 Å². The maximum absolute atomic E-state index is 4.22. The van der Waals surface area contributed by atoms with E-state index >= 15 is 0 Å². The van der Waals surface area contributed by atoms with Gasteiger partial charge in [0.25, 0.3) is 0 Å². The molecular weight excluding hydrogens is 180 g/mol. The first-order chi connectivity index (χ1) is 3.93. The zero-order valence-electron chi connectivity index (χ0n) is 4.67. The molecule has 0 saturated carbocycles. The summed E-state index contributed by atoms with van der Waals surface area (Å²) in [5.74, 6) is 3.73. The van der Waals surface area contributed by atoms with E-state index in [1.54, 1.807) is 0 Å². The van der Waals surface area contributed by atoms with E-state index in [-0.39, 0.29) is 14.9 Å². The number of hydrogen-bond donors (Lipinski definition) is 1. The lowest BCUT2D eigenvalue weighted by Gasteiger charge is -2.17. The van der Waals surface area contributed by atoms with Crippen LogP contribution >= 0.6 is 36.2 Å².